The van der Waals surface area contributed by atoms with Crippen LogP contribution < -0.4 is 5.56 Å². The Hall–Kier alpha value is -2.11. The highest BCUT2D eigenvalue weighted by Gasteiger charge is 2.16. The highest BCUT2D eigenvalue weighted by Crippen LogP contribution is 2.24. The van der Waals surface area contributed by atoms with E-state index >= 15 is 0 Å². The summed E-state index contributed by atoms with van der Waals surface area (Å²) in [6, 6.07) is 11.6. The number of hydrogen-bond donors (Lipinski definition) is 1. The number of rotatable bonds is 2. The van der Waals surface area contributed by atoms with Gasteiger partial charge in [0.05, 0.1) is 21.3 Å². The number of aromatic nitrogens is 1. The monoisotopic (exact) mass is 305 g/mol. The third-order valence-corrected chi connectivity index (χ3v) is 4.23. The molecule has 0 amide bonds. The number of halogens is 1. The zero-order valence-corrected chi connectivity index (χ0v) is 11.6. The smallest absolute Gasteiger partial charge is 0.337 e. The fraction of sp³-hybridized carbons (Fsp3) is 0. The Labute approximate surface area is 122 Å². The SMILES string of the molecule is O=C(O)c1cc(Cl)ccc1-n1sc2ccccc2c1=O. The quantitative estimate of drug-likeness (QED) is 0.789. The normalized spacial score (nSPS) is 10.8. The molecule has 1 heterocycles. The number of fused-ring (bicyclic) bond motifs is 1. The lowest BCUT2D eigenvalue weighted by molar-refractivity contribution is 0.0697. The van der Waals surface area contributed by atoms with Gasteiger partial charge in [-0.3, -0.25) is 4.79 Å². The molecule has 4 nitrogen and oxygen atoms in total. The van der Waals surface area contributed by atoms with Crippen LogP contribution in [-0.4, -0.2) is 15.0 Å². The van der Waals surface area contributed by atoms with Gasteiger partial charge in [-0.2, -0.15) is 0 Å². The van der Waals surface area contributed by atoms with Crippen molar-refractivity contribution in [2.24, 2.45) is 0 Å². The Morgan fingerprint density at radius 2 is 1.95 bits per heavy atom. The van der Waals surface area contributed by atoms with Crippen molar-refractivity contribution in [2.45, 2.75) is 0 Å². The number of aromatic carboxylic acids is 1. The summed E-state index contributed by atoms with van der Waals surface area (Å²) in [5, 5.41) is 10.1. The van der Waals surface area contributed by atoms with Crippen molar-refractivity contribution in [3.8, 4) is 5.69 Å². The van der Waals surface area contributed by atoms with Gasteiger partial charge >= 0.3 is 5.97 Å². The first-order valence-corrected chi connectivity index (χ1v) is 6.87. The van der Waals surface area contributed by atoms with Gasteiger partial charge in [-0.15, -0.1) is 0 Å². The van der Waals surface area contributed by atoms with Crippen LogP contribution in [0.15, 0.2) is 47.3 Å². The molecule has 6 heteroatoms. The summed E-state index contributed by atoms with van der Waals surface area (Å²) in [4.78, 5) is 23.6. The number of hydrogen-bond acceptors (Lipinski definition) is 3. The molecule has 0 atom stereocenters. The van der Waals surface area contributed by atoms with Crippen LogP contribution in [0.25, 0.3) is 15.8 Å². The average molecular weight is 306 g/mol. The fourth-order valence-electron chi connectivity index (χ4n) is 1.99. The Morgan fingerprint density at radius 1 is 1.20 bits per heavy atom. The van der Waals surface area contributed by atoms with Gasteiger partial charge in [0, 0.05) is 5.02 Å². The first kappa shape index (κ1) is 12.9. The summed E-state index contributed by atoms with van der Waals surface area (Å²) >= 11 is 7.03. The van der Waals surface area contributed by atoms with Gasteiger partial charge in [-0.1, -0.05) is 35.3 Å². The third-order valence-electron chi connectivity index (χ3n) is 2.90. The average Bonchev–Trinajstić information content (AvgIpc) is 2.76. The van der Waals surface area contributed by atoms with E-state index in [4.69, 9.17) is 11.6 Å². The highest BCUT2D eigenvalue weighted by molar-refractivity contribution is 7.14. The van der Waals surface area contributed by atoms with E-state index in [9.17, 15) is 14.7 Å². The molecule has 0 fully saturated rings. The Kier molecular flexibility index (Phi) is 3.08. The summed E-state index contributed by atoms with van der Waals surface area (Å²) < 4.78 is 2.19. The van der Waals surface area contributed by atoms with E-state index in [1.165, 1.54) is 21.6 Å². The van der Waals surface area contributed by atoms with Crippen LogP contribution in [0.2, 0.25) is 5.02 Å². The molecule has 1 N–H and O–H groups in total. The van der Waals surface area contributed by atoms with E-state index in [0.29, 0.717) is 16.1 Å². The summed E-state index contributed by atoms with van der Waals surface area (Å²) in [5.41, 5.74) is 0.106. The van der Waals surface area contributed by atoms with Gasteiger partial charge in [-0.05, 0) is 30.3 Å². The van der Waals surface area contributed by atoms with Crippen molar-refractivity contribution in [3.05, 3.63) is 63.4 Å². The number of carboxylic acids is 1. The first-order chi connectivity index (χ1) is 9.58. The minimum absolute atomic E-state index is 0.00570. The lowest BCUT2D eigenvalue weighted by Crippen LogP contribution is -2.14. The zero-order valence-electron chi connectivity index (χ0n) is 10.0. The van der Waals surface area contributed by atoms with E-state index in [1.807, 2.05) is 12.1 Å². The summed E-state index contributed by atoms with van der Waals surface area (Å²) in [7, 11) is 0. The summed E-state index contributed by atoms with van der Waals surface area (Å²) in [5.74, 6) is -1.12. The fourth-order valence-corrected chi connectivity index (χ4v) is 3.19. The molecule has 2 aromatic carbocycles. The largest absolute Gasteiger partial charge is 0.478 e. The molecule has 0 radical (unpaired) electrons. The van der Waals surface area contributed by atoms with E-state index in [-0.39, 0.29) is 11.1 Å². The van der Waals surface area contributed by atoms with Gasteiger partial charge < -0.3 is 5.11 Å². The topological polar surface area (TPSA) is 59.3 Å². The summed E-state index contributed by atoms with van der Waals surface area (Å²) in [6.07, 6.45) is 0. The van der Waals surface area contributed by atoms with Crippen molar-refractivity contribution >= 4 is 39.2 Å². The maximum atomic E-state index is 12.3. The zero-order chi connectivity index (χ0) is 14.3. The molecule has 20 heavy (non-hydrogen) atoms. The van der Waals surface area contributed by atoms with Crippen molar-refractivity contribution in [3.63, 3.8) is 0 Å². The second-order valence-electron chi connectivity index (χ2n) is 4.15. The molecule has 0 saturated carbocycles. The van der Waals surface area contributed by atoms with E-state index in [1.54, 1.807) is 24.3 Å². The molecule has 0 aliphatic heterocycles. The number of nitrogens with zero attached hydrogens (tertiary/aromatic N) is 1. The molecule has 0 bridgehead atoms. The lowest BCUT2D eigenvalue weighted by Gasteiger charge is -2.05. The standard InChI is InChI=1S/C14H8ClNO3S/c15-8-5-6-11(10(7-8)14(18)19)16-13(17)9-3-1-2-4-12(9)20-16/h1-7H,(H,18,19). The van der Waals surface area contributed by atoms with Gasteiger partial charge in [-0.25, -0.2) is 8.75 Å². The van der Waals surface area contributed by atoms with Crippen molar-refractivity contribution in [1.82, 2.24) is 3.96 Å². The Balaban J connectivity index is 2.34. The molecule has 0 unspecified atom stereocenters. The predicted molar refractivity (Wildman–Crippen MR) is 79.4 cm³/mol. The van der Waals surface area contributed by atoms with E-state index in [2.05, 4.69) is 0 Å². The molecule has 100 valence electrons. The molecule has 3 rings (SSSR count). The maximum absolute atomic E-state index is 12.3. The van der Waals surface area contributed by atoms with Crippen LogP contribution in [0, 0.1) is 0 Å². The van der Waals surface area contributed by atoms with Gasteiger partial charge in [0.1, 0.15) is 0 Å². The first-order valence-electron chi connectivity index (χ1n) is 5.72. The maximum Gasteiger partial charge on any atom is 0.337 e. The third kappa shape index (κ3) is 2.01. The molecule has 0 aliphatic carbocycles. The molecule has 0 saturated heterocycles. The molecule has 1 aromatic heterocycles. The van der Waals surface area contributed by atoms with E-state index < -0.39 is 5.97 Å². The molecular weight excluding hydrogens is 298 g/mol. The van der Waals surface area contributed by atoms with Gasteiger partial charge in [0.25, 0.3) is 5.56 Å². The highest BCUT2D eigenvalue weighted by atomic mass is 35.5. The molecule has 3 aromatic rings. The van der Waals surface area contributed by atoms with Crippen molar-refractivity contribution < 1.29 is 9.90 Å². The Morgan fingerprint density at radius 3 is 2.65 bits per heavy atom. The number of benzene rings is 2. The van der Waals surface area contributed by atoms with Crippen LogP contribution in [0.4, 0.5) is 0 Å². The van der Waals surface area contributed by atoms with Gasteiger partial charge in [0.2, 0.25) is 0 Å². The van der Waals surface area contributed by atoms with Crippen LogP contribution in [0.3, 0.4) is 0 Å². The van der Waals surface area contributed by atoms with E-state index in [0.717, 1.165) is 4.70 Å². The van der Waals surface area contributed by atoms with Gasteiger partial charge in [0.15, 0.2) is 0 Å². The van der Waals surface area contributed by atoms with Crippen LogP contribution in [-0.2, 0) is 0 Å². The molecular formula is C14H8ClNO3S. The minimum Gasteiger partial charge on any atom is -0.478 e. The molecule has 0 spiro atoms. The van der Waals surface area contributed by atoms with Crippen molar-refractivity contribution in [1.29, 1.82) is 0 Å². The van der Waals surface area contributed by atoms with Crippen molar-refractivity contribution in [2.75, 3.05) is 0 Å². The minimum atomic E-state index is -1.12. The second-order valence-corrected chi connectivity index (χ2v) is 5.58. The van der Waals surface area contributed by atoms with Crippen LogP contribution >= 0.6 is 23.1 Å². The lowest BCUT2D eigenvalue weighted by atomic mass is 10.2. The molecule has 0 aliphatic rings. The summed E-state index contributed by atoms with van der Waals surface area (Å²) in [6.45, 7) is 0. The number of carboxylic acid groups (broad SMARTS) is 1. The van der Waals surface area contributed by atoms with Crippen LogP contribution in [0.5, 0.6) is 0 Å². The number of carbonyl (C=O) groups is 1. The second kappa shape index (κ2) is 4.77. The predicted octanol–water partition coefficient (Wildman–Crippen LogP) is 3.40. The van der Waals surface area contributed by atoms with Crippen LogP contribution in [0.1, 0.15) is 10.4 Å². The Bertz CT molecular complexity index is 882.